The molecule has 0 amide bonds. The first kappa shape index (κ1) is 11.9. The highest BCUT2D eigenvalue weighted by Gasteiger charge is 2.29. The number of nitrogens with one attached hydrogen (secondary N) is 1. The topological polar surface area (TPSA) is 12.0 Å². The fourth-order valence-electron chi connectivity index (χ4n) is 2.01. The van der Waals surface area contributed by atoms with E-state index in [0.29, 0.717) is 6.04 Å². The van der Waals surface area contributed by atoms with E-state index < -0.39 is 0 Å². The zero-order chi connectivity index (χ0) is 10.8. The SMILES string of the molecule is CCNC(c1cc(Br)c(Cl)s1)C1CCC1. The molecule has 1 heterocycles. The van der Waals surface area contributed by atoms with Gasteiger partial charge < -0.3 is 5.32 Å². The molecule has 4 heteroatoms. The summed E-state index contributed by atoms with van der Waals surface area (Å²) in [5.41, 5.74) is 0. The van der Waals surface area contributed by atoms with Gasteiger partial charge in [-0.3, -0.25) is 0 Å². The minimum Gasteiger partial charge on any atom is -0.309 e. The largest absolute Gasteiger partial charge is 0.309 e. The molecule has 15 heavy (non-hydrogen) atoms. The van der Waals surface area contributed by atoms with Crippen LogP contribution in [0, 0.1) is 5.92 Å². The monoisotopic (exact) mass is 307 g/mol. The molecule has 0 radical (unpaired) electrons. The van der Waals surface area contributed by atoms with E-state index in [1.165, 1.54) is 24.1 Å². The first-order chi connectivity index (χ1) is 7.22. The van der Waals surface area contributed by atoms with Crippen LogP contribution in [0.4, 0.5) is 0 Å². The Morgan fingerprint density at radius 2 is 2.40 bits per heavy atom. The maximum atomic E-state index is 6.08. The van der Waals surface area contributed by atoms with Gasteiger partial charge in [-0.1, -0.05) is 24.9 Å². The quantitative estimate of drug-likeness (QED) is 0.856. The van der Waals surface area contributed by atoms with Gasteiger partial charge in [0, 0.05) is 15.4 Å². The molecule has 0 aromatic carbocycles. The van der Waals surface area contributed by atoms with Crippen LogP contribution >= 0.6 is 38.9 Å². The summed E-state index contributed by atoms with van der Waals surface area (Å²) in [5.74, 6) is 0.812. The molecule has 1 aliphatic carbocycles. The lowest BCUT2D eigenvalue weighted by molar-refractivity contribution is 0.236. The maximum absolute atomic E-state index is 6.08. The number of halogens is 2. The van der Waals surface area contributed by atoms with Gasteiger partial charge in [0.1, 0.15) is 4.34 Å². The van der Waals surface area contributed by atoms with Crippen LogP contribution in [0.3, 0.4) is 0 Å². The molecule has 1 fully saturated rings. The zero-order valence-electron chi connectivity index (χ0n) is 8.72. The third-order valence-corrected chi connectivity index (χ3v) is 5.57. The van der Waals surface area contributed by atoms with Crippen LogP contribution < -0.4 is 5.32 Å². The summed E-state index contributed by atoms with van der Waals surface area (Å²) < 4.78 is 1.90. The zero-order valence-corrected chi connectivity index (χ0v) is 11.9. The first-order valence-corrected chi connectivity index (χ1v) is 7.39. The van der Waals surface area contributed by atoms with Gasteiger partial charge in [-0.2, -0.15) is 0 Å². The van der Waals surface area contributed by atoms with Crippen LogP contribution in [0.5, 0.6) is 0 Å². The standard InChI is InChI=1S/C11H15BrClNS/c1-2-14-10(7-4-3-5-7)9-6-8(12)11(13)15-9/h6-7,10,14H,2-5H2,1H3. The van der Waals surface area contributed by atoms with Crippen molar-refractivity contribution >= 4 is 38.9 Å². The van der Waals surface area contributed by atoms with Gasteiger partial charge in [0.25, 0.3) is 0 Å². The Morgan fingerprint density at radius 3 is 2.80 bits per heavy atom. The van der Waals surface area contributed by atoms with Crippen molar-refractivity contribution in [3.8, 4) is 0 Å². The Hall–Kier alpha value is 0.430. The summed E-state index contributed by atoms with van der Waals surface area (Å²) in [4.78, 5) is 1.37. The van der Waals surface area contributed by atoms with Gasteiger partial charge in [-0.25, -0.2) is 0 Å². The fourth-order valence-corrected chi connectivity index (χ4v) is 3.91. The molecule has 1 aromatic rings. The van der Waals surface area contributed by atoms with Crippen molar-refractivity contribution in [3.63, 3.8) is 0 Å². The molecule has 1 aromatic heterocycles. The van der Waals surface area contributed by atoms with Gasteiger partial charge in [0.15, 0.2) is 0 Å². The van der Waals surface area contributed by atoms with Crippen molar-refractivity contribution in [2.75, 3.05) is 6.54 Å². The molecule has 1 aliphatic rings. The smallest absolute Gasteiger partial charge is 0.107 e. The number of hydrogen-bond donors (Lipinski definition) is 1. The van der Waals surface area contributed by atoms with Crippen molar-refractivity contribution in [2.24, 2.45) is 5.92 Å². The van der Waals surface area contributed by atoms with E-state index in [4.69, 9.17) is 11.6 Å². The summed E-state index contributed by atoms with van der Waals surface area (Å²) in [6.45, 7) is 3.18. The summed E-state index contributed by atoms with van der Waals surface area (Å²) in [5, 5.41) is 3.57. The number of hydrogen-bond acceptors (Lipinski definition) is 2. The van der Waals surface area contributed by atoms with Gasteiger partial charge in [-0.15, -0.1) is 11.3 Å². The van der Waals surface area contributed by atoms with Gasteiger partial charge in [0.05, 0.1) is 0 Å². The Balaban J connectivity index is 2.15. The van der Waals surface area contributed by atoms with Crippen molar-refractivity contribution < 1.29 is 0 Å². The molecule has 1 N–H and O–H groups in total. The Labute approximate surface area is 108 Å². The molecule has 0 aliphatic heterocycles. The van der Waals surface area contributed by atoms with E-state index in [0.717, 1.165) is 21.3 Å². The lowest BCUT2D eigenvalue weighted by Gasteiger charge is -2.33. The lowest BCUT2D eigenvalue weighted by Crippen LogP contribution is -2.31. The first-order valence-electron chi connectivity index (χ1n) is 5.40. The third-order valence-electron chi connectivity index (χ3n) is 3.02. The lowest BCUT2D eigenvalue weighted by atomic mass is 9.79. The average molecular weight is 309 g/mol. The van der Waals surface area contributed by atoms with E-state index in [1.54, 1.807) is 11.3 Å². The molecule has 1 unspecified atom stereocenters. The molecule has 84 valence electrons. The third kappa shape index (κ3) is 2.57. The van der Waals surface area contributed by atoms with Crippen LogP contribution in [0.15, 0.2) is 10.5 Å². The highest BCUT2D eigenvalue weighted by Crippen LogP contribution is 2.43. The van der Waals surface area contributed by atoms with Crippen LogP contribution in [-0.4, -0.2) is 6.54 Å². The van der Waals surface area contributed by atoms with Crippen molar-refractivity contribution in [1.29, 1.82) is 0 Å². The summed E-state index contributed by atoms with van der Waals surface area (Å²) in [6, 6.07) is 2.68. The molecule has 0 spiro atoms. The van der Waals surface area contributed by atoms with Gasteiger partial charge in [-0.05, 0) is 47.3 Å². The Bertz CT molecular complexity index is 316. The predicted octanol–water partition coefficient (Wildman–Crippen LogP) is 4.61. The molecule has 0 saturated heterocycles. The second-order valence-corrected chi connectivity index (χ2v) is 6.54. The van der Waals surface area contributed by atoms with E-state index in [-0.39, 0.29) is 0 Å². The highest BCUT2D eigenvalue weighted by atomic mass is 79.9. The second kappa shape index (κ2) is 5.17. The van der Waals surface area contributed by atoms with E-state index in [2.05, 4.69) is 34.2 Å². The van der Waals surface area contributed by atoms with Crippen LogP contribution in [0.1, 0.15) is 37.1 Å². The number of rotatable bonds is 4. The van der Waals surface area contributed by atoms with E-state index in [9.17, 15) is 0 Å². The fraction of sp³-hybridized carbons (Fsp3) is 0.636. The summed E-state index contributed by atoms with van der Waals surface area (Å²) >= 11 is 11.3. The highest BCUT2D eigenvalue weighted by molar-refractivity contribution is 9.10. The van der Waals surface area contributed by atoms with Crippen LogP contribution in [-0.2, 0) is 0 Å². The van der Waals surface area contributed by atoms with Crippen molar-refractivity contribution in [1.82, 2.24) is 5.32 Å². The van der Waals surface area contributed by atoms with Crippen molar-refractivity contribution in [3.05, 3.63) is 19.8 Å². The minimum absolute atomic E-state index is 0.512. The molecule has 1 saturated carbocycles. The average Bonchev–Trinajstić information content (AvgIpc) is 2.43. The Morgan fingerprint density at radius 1 is 1.67 bits per heavy atom. The van der Waals surface area contributed by atoms with E-state index >= 15 is 0 Å². The van der Waals surface area contributed by atoms with E-state index in [1.807, 2.05) is 0 Å². The van der Waals surface area contributed by atoms with Gasteiger partial charge >= 0.3 is 0 Å². The molecular formula is C11H15BrClNS. The molecule has 2 rings (SSSR count). The minimum atomic E-state index is 0.512. The summed E-state index contributed by atoms with van der Waals surface area (Å²) in [7, 11) is 0. The van der Waals surface area contributed by atoms with Gasteiger partial charge in [0.2, 0.25) is 0 Å². The molecule has 1 atom stereocenters. The molecule has 1 nitrogen and oxygen atoms in total. The normalized spacial score (nSPS) is 18.9. The van der Waals surface area contributed by atoms with Crippen LogP contribution in [0.25, 0.3) is 0 Å². The second-order valence-electron chi connectivity index (χ2n) is 4.00. The number of thiophene rings is 1. The molecular weight excluding hydrogens is 294 g/mol. The predicted molar refractivity (Wildman–Crippen MR) is 70.8 cm³/mol. The van der Waals surface area contributed by atoms with Crippen LogP contribution in [0.2, 0.25) is 4.34 Å². The molecule has 0 bridgehead atoms. The summed E-state index contributed by atoms with van der Waals surface area (Å²) in [6.07, 6.45) is 4.09. The maximum Gasteiger partial charge on any atom is 0.107 e. The van der Waals surface area contributed by atoms with Crippen molar-refractivity contribution in [2.45, 2.75) is 32.2 Å². The Kier molecular flexibility index (Phi) is 4.10.